The van der Waals surface area contributed by atoms with E-state index in [1.54, 1.807) is 60.7 Å². The number of aromatic amines is 1. The van der Waals surface area contributed by atoms with Crippen LogP contribution in [0.2, 0.25) is 0 Å². The van der Waals surface area contributed by atoms with Gasteiger partial charge in [0.05, 0.1) is 11.0 Å². The summed E-state index contributed by atoms with van der Waals surface area (Å²) in [6, 6.07) is 18.7. The second-order valence-electron chi connectivity index (χ2n) is 8.09. The Morgan fingerprint density at radius 3 is 2.48 bits per heavy atom. The molecule has 0 saturated heterocycles. The number of rotatable bonds is 6. The maximum atomic E-state index is 13.9. The van der Waals surface area contributed by atoms with Gasteiger partial charge in [-0.25, -0.2) is 14.2 Å². The molecule has 8 heteroatoms. The molecule has 0 atom stereocenters. The van der Waals surface area contributed by atoms with E-state index in [4.69, 9.17) is 0 Å². The van der Waals surface area contributed by atoms with Gasteiger partial charge in [-0.05, 0) is 66.9 Å². The van der Waals surface area contributed by atoms with Crippen LogP contribution in [0.15, 0.2) is 66.7 Å². The van der Waals surface area contributed by atoms with Crippen molar-refractivity contribution in [3.63, 3.8) is 0 Å². The van der Waals surface area contributed by atoms with E-state index in [1.165, 1.54) is 6.07 Å². The molecule has 3 aromatic carbocycles. The normalized spacial score (nSPS) is 13.0. The van der Waals surface area contributed by atoms with Gasteiger partial charge in [-0.3, -0.25) is 4.79 Å². The molecule has 0 aliphatic heterocycles. The number of aromatic nitrogens is 2. The first-order chi connectivity index (χ1) is 16.0. The number of carbonyl (C=O) groups is 2. The van der Waals surface area contributed by atoms with Gasteiger partial charge in [0.25, 0.3) is 5.91 Å². The summed E-state index contributed by atoms with van der Waals surface area (Å²) >= 11 is 0. The molecule has 1 aliphatic rings. The van der Waals surface area contributed by atoms with E-state index in [1.807, 2.05) is 0 Å². The van der Waals surface area contributed by atoms with Crippen molar-refractivity contribution < 1.29 is 14.0 Å². The molecule has 1 saturated carbocycles. The molecule has 1 heterocycles. The van der Waals surface area contributed by atoms with Crippen molar-refractivity contribution in [1.82, 2.24) is 15.3 Å². The molecule has 0 unspecified atom stereocenters. The van der Waals surface area contributed by atoms with Crippen LogP contribution in [0.25, 0.3) is 11.0 Å². The second-order valence-corrected chi connectivity index (χ2v) is 8.09. The number of benzene rings is 3. The third-order valence-electron chi connectivity index (χ3n) is 5.42. The van der Waals surface area contributed by atoms with Crippen LogP contribution >= 0.6 is 0 Å². The lowest BCUT2D eigenvalue weighted by molar-refractivity contribution is 0.102. The number of urea groups is 1. The third-order valence-corrected chi connectivity index (χ3v) is 5.42. The number of carbonyl (C=O) groups excluding carboxylic acids is 2. The summed E-state index contributed by atoms with van der Waals surface area (Å²) < 4.78 is 13.9. The van der Waals surface area contributed by atoms with Crippen LogP contribution < -0.4 is 16.0 Å². The number of nitrogens with zero attached hydrogens (tertiary/aromatic N) is 1. The molecular weight excluding hydrogens is 421 g/mol. The SMILES string of the molecule is O=C(Nc1ccc(C(=O)Nc2ccc3nc(Cc4ccccc4F)[nH]c3c2)cc1)NC1CC1. The van der Waals surface area contributed by atoms with E-state index >= 15 is 0 Å². The standard InChI is InChI=1S/C25H22FN5O2/c26-20-4-2-1-3-16(20)13-23-30-21-12-11-19(14-22(21)31-23)27-24(32)15-5-7-17(8-6-15)28-25(33)29-18-9-10-18/h1-8,11-12,14,18H,9-10,13H2,(H,27,32)(H,30,31)(H2,28,29,33). The van der Waals surface area contributed by atoms with Gasteiger partial charge in [-0.15, -0.1) is 0 Å². The van der Waals surface area contributed by atoms with E-state index in [0.29, 0.717) is 34.7 Å². The first kappa shape index (κ1) is 20.7. The minimum atomic E-state index is -0.269. The minimum absolute atomic E-state index is 0.239. The minimum Gasteiger partial charge on any atom is -0.342 e. The molecule has 7 nitrogen and oxygen atoms in total. The van der Waals surface area contributed by atoms with E-state index in [0.717, 1.165) is 23.9 Å². The van der Waals surface area contributed by atoms with Crippen molar-refractivity contribution in [2.75, 3.05) is 10.6 Å². The van der Waals surface area contributed by atoms with Gasteiger partial charge in [0.1, 0.15) is 11.6 Å². The van der Waals surface area contributed by atoms with Crippen molar-refractivity contribution in [2.45, 2.75) is 25.3 Å². The Bertz CT molecular complexity index is 1330. The highest BCUT2D eigenvalue weighted by molar-refractivity contribution is 6.05. The maximum Gasteiger partial charge on any atom is 0.319 e. The molecule has 4 N–H and O–H groups in total. The van der Waals surface area contributed by atoms with Crippen LogP contribution in [0.5, 0.6) is 0 Å². The van der Waals surface area contributed by atoms with Crippen molar-refractivity contribution in [1.29, 1.82) is 0 Å². The van der Waals surface area contributed by atoms with E-state index in [9.17, 15) is 14.0 Å². The molecule has 1 aliphatic carbocycles. The Labute approximate surface area is 189 Å². The summed E-state index contributed by atoms with van der Waals surface area (Å²) in [5.41, 5.74) is 3.74. The summed E-state index contributed by atoms with van der Waals surface area (Å²) in [6.07, 6.45) is 2.38. The van der Waals surface area contributed by atoms with E-state index in [-0.39, 0.29) is 23.8 Å². The first-order valence-electron chi connectivity index (χ1n) is 10.7. The maximum absolute atomic E-state index is 13.9. The molecule has 0 spiro atoms. The fourth-order valence-corrected chi connectivity index (χ4v) is 3.53. The number of anilines is 2. The van der Waals surface area contributed by atoms with Gasteiger partial charge < -0.3 is 20.9 Å². The van der Waals surface area contributed by atoms with Crippen molar-refractivity contribution >= 4 is 34.3 Å². The molecule has 0 bridgehead atoms. The number of amides is 3. The highest BCUT2D eigenvalue weighted by Gasteiger charge is 2.23. The summed E-state index contributed by atoms with van der Waals surface area (Å²) in [4.78, 5) is 32.2. The van der Waals surface area contributed by atoms with Gasteiger partial charge in [0.15, 0.2) is 0 Å². The van der Waals surface area contributed by atoms with Gasteiger partial charge in [0, 0.05) is 29.4 Å². The molecule has 33 heavy (non-hydrogen) atoms. The number of nitrogens with one attached hydrogen (secondary N) is 4. The molecule has 4 aromatic rings. The first-order valence-corrected chi connectivity index (χ1v) is 10.7. The van der Waals surface area contributed by atoms with Gasteiger partial charge in [-0.1, -0.05) is 18.2 Å². The van der Waals surface area contributed by atoms with Crippen LogP contribution in [0.3, 0.4) is 0 Å². The lowest BCUT2D eigenvalue weighted by Crippen LogP contribution is -2.30. The zero-order chi connectivity index (χ0) is 22.8. The lowest BCUT2D eigenvalue weighted by Gasteiger charge is -2.08. The Balaban J connectivity index is 1.24. The van der Waals surface area contributed by atoms with Crippen molar-refractivity contribution in [3.05, 3.63) is 89.5 Å². The van der Waals surface area contributed by atoms with Gasteiger partial charge in [0.2, 0.25) is 0 Å². The summed E-state index contributed by atoms with van der Waals surface area (Å²) in [7, 11) is 0. The smallest absolute Gasteiger partial charge is 0.319 e. The summed E-state index contributed by atoms with van der Waals surface area (Å²) in [5, 5.41) is 8.47. The average Bonchev–Trinajstić information content (AvgIpc) is 3.52. The third kappa shape index (κ3) is 5.01. The lowest BCUT2D eigenvalue weighted by atomic mass is 10.1. The van der Waals surface area contributed by atoms with Crippen LogP contribution in [0.1, 0.15) is 34.6 Å². The van der Waals surface area contributed by atoms with Gasteiger partial charge in [-0.2, -0.15) is 0 Å². The number of H-pyrrole nitrogens is 1. The van der Waals surface area contributed by atoms with Crippen LogP contribution in [0.4, 0.5) is 20.6 Å². The monoisotopic (exact) mass is 443 g/mol. The number of fused-ring (bicyclic) bond motifs is 1. The number of halogens is 1. The Hall–Kier alpha value is -4.20. The largest absolute Gasteiger partial charge is 0.342 e. The van der Waals surface area contributed by atoms with Crippen molar-refractivity contribution in [3.8, 4) is 0 Å². The number of imidazole rings is 1. The van der Waals surface area contributed by atoms with Gasteiger partial charge >= 0.3 is 6.03 Å². The average molecular weight is 443 g/mol. The molecule has 5 rings (SSSR count). The highest BCUT2D eigenvalue weighted by atomic mass is 19.1. The molecular formula is C25H22FN5O2. The highest BCUT2D eigenvalue weighted by Crippen LogP contribution is 2.21. The van der Waals surface area contributed by atoms with Crippen molar-refractivity contribution in [2.24, 2.45) is 0 Å². The molecule has 1 aromatic heterocycles. The Morgan fingerprint density at radius 1 is 0.970 bits per heavy atom. The predicted octanol–water partition coefficient (Wildman–Crippen LogP) is 4.83. The van der Waals surface area contributed by atoms with E-state index in [2.05, 4.69) is 25.9 Å². The fraction of sp³-hybridized carbons (Fsp3) is 0.160. The zero-order valence-electron chi connectivity index (χ0n) is 17.7. The molecule has 0 radical (unpaired) electrons. The molecule has 3 amide bonds. The fourth-order valence-electron chi connectivity index (χ4n) is 3.53. The number of hydrogen-bond acceptors (Lipinski definition) is 3. The number of hydrogen-bond donors (Lipinski definition) is 4. The van der Waals surface area contributed by atoms with E-state index < -0.39 is 0 Å². The van der Waals surface area contributed by atoms with Crippen LogP contribution in [-0.2, 0) is 6.42 Å². The van der Waals surface area contributed by atoms with Crippen LogP contribution in [0, 0.1) is 5.82 Å². The molecule has 166 valence electrons. The second kappa shape index (κ2) is 8.74. The quantitative estimate of drug-likeness (QED) is 0.344. The topological polar surface area (TPSA) is 98.9 Å². The summed E-state index contributed by atoms with van der Waals surface area (Å²) in [5.74, 6) is 0.109. The summed E-state index contributed by atoms with van der Waals surface area (Å²) in [6.45, 7) is 0. The Kier molecular flexibility index (Phi) is 5.48. The Morgan fingerprint density at radius 2 is 1.73 bits per heavy atom. The molecule has 1 fully saturated rings. The zero-order valence-corrected chi connectivity index (χ0v) is 17.7. The van der Waals surface area contributed by atoms with Crippen LogP contribution in [-0.4, -0.2) is 27.9 Å². The predicted molar refractivity (Wildman–Crippen MR) is 125 cm³/mol.